The maximum atomic E-state index is 11.0. The van der Waals surface area contributed by atoms with Gasteiger partial charge in [0.25, 0.3) is 0 Å². The number of sulfonamides is 1. The van der Waals surface area contributed by atoms with E-state index in [0.29, 0.717) is 0 Å². The third kappa shape index (κ3) is 2.92. The van der Waals surface area contributed by atoms with Crippen molar-refractivity contribution < 1.29 is 8.42 Å². The van der Waals surface area contributed by atoms with Gasteiger partial charge in [0.1, 0.15) is 0 Å². The molecule has 0 fully saturated rings. The Bertz CT molecular complexity index is 336. The van der Waals surface area contributed by atoms with Crippen molar-refractivity contribution in [2.75, 3.05) is 0 Å². The van der Waals surface area contributed by atoms with Crippen LogP contribution in [0.4, 0.5) is 0 Å². The molecule has 0 spiro atoms. The lowest BCUT2D eigenvalue weighted by atomic mass is 10.2. The van der Waals surface area contributed by atoms with Gasteiger partial charge in [-0.05, 0) is 9.31 Å². The largest absolute Gasteiger partial charge is 0.242 e. The summed E-state index contributed by atoms with van der Waals surface area (Å²) in [6, 6.07) is 8.91. The van der Waals surface area contributed by atoms with E-state index in [9.17, 15) is 8.42 Å². The Morgan fingerprint density at radius 1 is 1.25 bits per heavy atom. The molecule has 65 valence electrons. The van der Waals surface area contributed by atoms with E-state index in [4.69, 9.17) is 0 Å². The normalized spacial score (nSPS) is 11.4. The van der Waals surface area contributed by atoms with Gasteiger partial charge in [-0.3, -0.25) is 0 Å². The molecule has 0 aliphatic rings. The third-order valence-electron chi connectivity index (χ3n) is 1.30. The quantitative estimate of drug-likeness (QED) is 0.813. The second kappa shape index (κ2) is 4.02. The lowest BCUT2D eigenvalue weighted by Crippen LogP contribution is -2.09. The number of benzene rings is 1. The van der Waals surface area contributed by atoms with Gasteiger partial charge in [-0.15, -0.1) is 0 Å². The number of hydrogen-bond donors (Lipinski definition) is 0. The topological polar surface area (TPSA) is 48.2 Å². The molecule has 0 aliphatic carbocycles. The van der Waals surface area contributed by atoms with Crippen molar-refractivity contribution in [2.45, 2.75) is 5.75 Å². The van der Waals surface area contributed by atoms with Gasteiger partial charge in [0.2, 0.25) is 10.0 Å². The highest BCUT2D eigenvalue weighted by Crippen LogP contribution is 2.05. The van der Waals surface area contributed by atoms with Crippen LogP contribution in [0.1, 0.15) is 5.56 Å². The number of hydrogen-bond acceptors (Lipinski definition) is 2. The van der Waals surface area contributed by atoms with Crippen LogP contribution in [0.3, 0.4) is 0 Å². The molecule has 3 nitrogen and oxygen atoms in total. The molecule has 1 radical (unpaired) electrons. The highest BCUT2D eigenvalue weighted by Gasteiger charge is 2.09. The minimum Gasteiger partial charge on any atom is -0.210 e. The maximum Gasteiger partial charge on any atom is 0.242 e. The molecule has 1 aromatic rings. The summed E-state index contributed by atoms with van der Waals surface area (Å²) in [6.07, 6.45) is 0. The van der Waals surface area contributed by atoms with Crippen LogP contribution in [0, 0.1) is 0 Å². The van der Waals surface area contributed by atoms with E-state index >= 15 is 0 Å². The fourth-order valence-electron chi connectivity index (χ4n) is 0.809. The first-order valence-electron chi connectivity index (χ1n) is 3.24. The van der Waals surface area contributed by atoms with Gasteiger partial charge in [-0.2, -0.15) is 0 Å². The molecular weight excluding hydrogens is 242 g/mol. The molecule has 0 saturated heterocycles. The Labute approximate surface area is 80.2 Å². The number of halogens is 1. The van der Waals surface area contributed by atoms with Crippen LogP contribution in [0.5, 0.6) is 0 Å². The Morgan fingerprint density at radius 3 is 2.33 bits per heavy atom. The van der Waals surface area contributed by atoms with E-state index < -0.39 is 10.0 Å². The van der Waals surface area contributed by atoms with Crippen LogP contribution in [-0.2, 0) is 15.8 Å². The Morgan fingerprint density at radius 2 is 1.83 bits per heavy atom. The fraction of sp³-hybridized carbons (Fsp3) is 0.143. The molecule has 12 heavy (non-hydrogen) atoms. The van der Waals surface area contributed by atoms with Crippen molar-refractivity contribution in [1.29, 1.82) is 0 Å². The van der Waals surface area contributed by atoms with Crippen LogP contribution in [0.25, 0.3) is 0 Å². The average Bonchev–Trinajstić information content (AvgIpc) is 2.06. The molecule has 0 N–H and O–H groups in total. The zero-order valence-electron chi connectivity index (χ0n) is 6.14. The lowest BCUT2D eigenvalue weighted by Gasteiger charge is -1.98. The molecule has 0 saturated carbocycles. The van der Waals surface area contributed by atoms with Gasteiger partial charge >= 0.3 is 0 Å². The van der Waals surface area contributed by atoms with Crippen LogP contribution >= 0.6 is 16.1 Å². The maximum absolute atomic E-state index is 11.0. The summed E-state index contributed by atoms with van der Waals surface area (Å²) in [7, 11) is -3.33. The van der Waals surface area contributed by atoms with Gasteiger partial charge in [0.05, 0.1) is 5.75 Å². The summed E-state index contributed by atoms with van der Waals surface area (Å²) in [6.45, 7) is 0. The van der Waals surface area contributed by atoms with Gasteiger partial charge in [-0.25, -0.2) is 8.42 Å². The van der Waals surface area contributed by atoms with Crippen molar-refractivity contribution >= 4 is 26.2 Å². The molecule has 0 aliphatic heterocycles. The van der Waals surface area contributed by atoms with Crippen LogP contribution in [-0.4, -0.2) is 8.42 Å². The highest BCUT2D eigenvalue weighted by atomic mass is 79.9. The summed E-state index contributed by atoms with van der Waals surface area (Å²) < 4.78 is 25.0. The smallest absolute Gasteiger partial charge is 0.210 e. The zero-order valence-corrected chi connectivity index (χ0v) is 8.55. The Hall–Kier alpha value is -0.390. The summed E-state index contributed by atoms with van der Waals surface area (Å²) in [5, 5.41) is 0. The fourth-order valence-corrected chi connectivity index (χ4v) is 1.78. The minimum atomic E-state index is -3.33. The van der Waals surface area contributed by atoms with E-state index in [2.05, 4.69) is 19.9 Å². The lowest BCUT2D eigenvalue weighted by molar-refractivity contribution is 0.593. The molecule has 0 bridgehead atoms. The third-order valence-corrected chi connectivity index (χ3v) is 3.53. The van der Waals surface area contributed by atoms with Gasteiger partial charge in [0.15, 0.2) is 0 Å². The van der Waals surface area contributed by atoms with Crippen LogP contribution in [0.15, 0.2) is 30.3 Å². The Balaban J connectivity index is 2.78. The second-order valence-electron chi connectivity index (χ2n) is 2.28. The van der Waals surface area contributed by atoms with Crippen molar-refractivity contribution in [3.8, 4) is 0 Å². The number of rotatable bonds is 3. The van der Waals surface area contributed by atoms with Crippen molar-refractivity contribution in [1.82, 2.24) is 3.75 Å². The van der Waals surface area contributed by atoms with Gasteiger partial charge in [-0.1, -0.05) is 30.3 Å². The Kier molecular flexibility index (Phi) is 3.25. The van der Waals surface area contributed by atoms with Gasteiger partial charge in [0, 0.05) is 16.1 Å². The molecule has 1 rings (SSSR count). The first-order chi connectivity index (χ1) is 5.64. The molecule has 0 amide bonds. The SMILES string of the molecule is O=S(=O)(Cc1ccccc1)[N]Br. The van der Waals surface area contributed by atoms with Crippen molar-refractivity contribution in [3.63, 3.8) is 0 Å². The molecule has 0 atom stereocenters. The van der Waals surface area contributed by atoms with E-state index in [1.165, 1.54) is 0 Å². The minimum absolute atomic E-state index is 0.0565. The summed E-state index contributed by atoms with van der Waals surface area (Å²) in [5.74, 6) is -0.0565. The van der Waals surface area contributed by atoms with E-state index in [-0.39, 0.29) is 5.75 Å². The zero-order chi connectivity index (χ0) is 9.03. The molecule has 0 aromatic heterocycles. The predicted octanol–water partition coefficient (Wildman–Crippen LogP) is 1.43. The molecule has 1 aromatic carbocycles. The van der Waals surface area contributed by atoms with E-state index in [0.717, 1.165) is 5.56 Å². The average molecular weight is 249 g/mol. The standard InChI is InChI=1S/C7H7BrNO2S/c8-9-12(10,11)6-7-4-2-1-3-5-7/h1-5H,6H2. The molecule has 0 heterocycles. The highest BCUT2D eigenvalue weighted by molar-refractivity contribution is 9.09. The monoisotopic (exact) mass is 248 g/mol. The number of nitrogens with zero attached hydrogens (tertiary/aromatic N) is 1. The van der Waals surface area contributed by atoms with Crippen molar-refractivity contribution in [3.05, 3.63) is 35.9 Å². The van der Waals surface area contributed by atoms with Crippen LogP contribution in [0.2, 0.25) is 0 Å². The first kappa shape index (κ1) is 9.70. The second-order valence-corrected chi connectivity index (χ2v) is 4.74. The summed E-state index contributed by atoms with van der Waals surface area (Å²) >= 11 is 2.57. The van der Waals surface area contributed by atoms with E-state index in [1.807, 2.05) is 6.07 Å². The summed E-state index contributed by atoms with van der Waals surface area (Å²) in [5.41, 5.74) is 0.737. The summed E-state index contributed by atoms with van der Waals surface area (Å²) in [4.78, 5) is 0. The molecule has 5 heteroatoms. The van der Waals surface area contributed by atoms with E-state index in [1.54, 1.807) is 24.3 Å². The molecular formula is C7H7BrNO2S. The van der Waals surface area contributed by atoms with Gasteiger partial charge < -0.3 is 0 Å². The first-order valence-corrected chi connectivity index (χ1v) is 5.56. The molecule has 0 unspecified atom stereocenters. The predicted molar refractivity (Wildman–Crippen MR) is 50.1 cm³/mol. The van der Waals surface area contributed by atoms with Crippen molar-refractivity contribution in [2.24, 2.45) is 0 Å². The van der Waals surface area contributed by atoms with Crippen LogP contribution < -0.4 is 3.75 Å².